The largest absolute Gasteiger partial charge is 0.506 e. The van der Waals surface area contributed by atoms with Gasteiger partial charge in [-0.25, -0.2) is 5.30 Å². The standard InChI is InChI=1S/C10H14P/c1-2-3-9-11-10-7-5-4-6-8-10/h4-8H,2-3,9H2,1H3/q-1. The molecule has 0 amide bonds. The molecule has 0 saturated heterocycles. The van der Waals surface area contributed by atoms with Crippen molar-refractivity contribution in [1.82, 2.24) is 0 Å². The molecule has 0 heterocycles. The fraction of sp³-hybridized carbons (Fsp3) is 0.400. The molecular weight excluding hydrogens is 151 g/mol. The average molecular weight is 165 g/mol. The first kappa shape index (κ1) is 8.74. The van der Waals surface area contributed by atoms with Gasteiger partial charge >= 0.3 is 0 Å². The summed E-state index contributed by atoms with van der Waals surface area (Å²) >= 11 is 0. The van der Waals surface area contributed by atoms with Gasteiger partial charge in [0.05, 0.1) is 0 Å². The van der Waals surface area contributed by atoms with Crippen molar-refractivity contribution in [3.05, 3.63) is 30.3 Å². The molecule has 1 aromatic rings. The highest BCUT2D eigenvalue weighted by Crippen LogP contribution is 2.11. The molecule has 1 rings (SSSR count). The van der Waals surface area contributed by atoms with Gasteiger partial charge in [-0.05, 0) is 0 Å². The van der Waals surface area contributed by atoms with Gasteiger partial charge in [0.15, 0.2) is 0 Å². The van der Waals surface area contributed by atoms with Crippen molar-refractivity contribution >= 4 is 13.9 Å². The smallest absolute Gasteiger partial charge is 0.0584 e. The summed E-state index contributed by atoms with van der Waals surface area (Å²) in [6, 6.07) is 10.7. The zero-order valence-corrected chi connectivity index (χ0v) is 7.85. The average Bonchev–Trinajstić information content (AvgIpc) is 2.07. The third kappa shape index (κ3) is 3.53. The minimum Gasteiger partial charge on any atom is -0.506 e. The van der Waals surface area contributed by atoms with Gasteiger partial charge in [0.2, 0.25) is 0 Å². The topological polar surface area (TPSA) is 0 Å². The van der Waals surface area contributed by atoms with E-state index in [4.69, 9.17) is 0 Å². The van der Waals surface area contributed by atoms with Crippen LogP contribution >= 0.6 is 8.58 Å². The van der Waals surface area contributed by atoms with E-state index < -0.39 is 0 Å². The highest BCUT2D eigenvalue weighted by atomic mass is 31.1. The lowest BCUT2D eigenvalue weighted by atomic mass is 10.4. The molecule has 0 aliphatic heterocycles. The number of benzene rings is 1. The molecule has 0 aliphatic rings. The van der Waals surface area contributed by atoms with Crippen molar-refractivity contribution in [2.24, 2.45) is 0 Å². The third-order valence-corrected chi connectivity index (χ3v) is 2.77. The molecule has 0 nitrogen and oxygen atoms in total. The molecule has 0 N–H and O–H groups in total. The quantitative estimate of drug-likeness (QED) is 0.475. The van der Waals surface area contributed by atoms with Crippen LogP contribution in [-0.2, 0) is 0 Å². The van der Waals surface area contributed by atoms with Crippen molar-refractivity contribution in [1.29, 1.82) is 0 Å². The van der Waals surface area contributed by atoms with Crippen molar-refractivity contribution in [3.8, 4) is 0 Å². The van der Waals surface area contributed by atoms with Crippen molar-refractivity contribution in [2.75, 3.05) is 6.16 Å². The van der Waals surface area contributed by atoms with Crippen molar-refractivity contribution in [2.45, 2.75) is 19.8 Å². The van der Waals surface area contributed by atoms with Gasteiger partial charge < -0.3 is 8.58 Å². The first-order valence-corrected chi connectivity index (χ1v) is 5.24. The fourth-order valence-electron chi connectivity index (χ4n) is 0.900. The maximum Gasteiger partial charge on any atom is -0.0584 e. The Kier molecular flexibility index (Phi) is 4.23. The zero-order valence-electron chi connectivity index (χ0n) is 6.96. The molecule has 0 saturated carbocycles. The van der Waals surface area contributed by atoms with E-state index in [1.54, 1.807) is 0 Å². The van der Waals surface area contributed by atoms with Gasteiger partial charge in [-0.3, -0.25) is 0 Å². The summed E-state index contributed by atoms with van der Waals surface area (Å²) in [6.45, 7) is 2.24. The summed E-state index contributed by atoms with van der Waals surface area (Å²) in [5, 5.41) is 1.45. The van der Waals surface area contributed by atoms with Gasteiger partial charge in [0, 0.05) is 0 Å². The minimum atomic E-state index is 1.31. The van der Waals surface area contributed by atoms with Crippen molar-refractivity contribution < 1.29 is 0 Å². The molecule has 60 valence electrons. The van der Waals surface area contributed by atoms with Gasteiger partial charge in [-0.15, -0.1) is 0 Å². The predicted octanol–water partition coefficient (Wildman–Crippen LogP) is 3.06. The van der Waals surface area contributed by atoms with Gasteiger partial charge in [0.1, 0.15) is 0 Å². The summed E-state index contributed by atoms with van der Waals surface area (Å²) in [4.78, 5) is 0. The second-order valence-electron chi connectivity index (χ2n) is 2.57. The Labute approximate surface area is 70.8 Å². The van der Waals surface area contributed by atoms with E-state index in [-0.39, 0.29) is 0 Å². The van der Waals surface area contributed by atoms with E-state index in [1.807, 2.05) is 0 Å². The lowest BCUT2D eigenvalue weighted by molar-refractivity contribution is 0.895. The third-order valence-electron chi connectivity index (χ3n) is 1.56. The van der Waals surface area contributed by atoms with Crippen LogP contribution in [0.25, 0.3) is 0 Å². The predicted molar refractivity (Wildman–Crippen MR) is 52.8 cm³/mol. The Morgan fingerprint density at radius 1 is 1.18 bits per heavy atom. The molecule has 0 aromatic heterocycles. The highest BCUT2D eigenvalue weighted by molar-refractivity contribution is 7.47. The molecule has 0 fully saturated rings. The van der Waals surface area contributed by atoms with E-state index in [9.17, 15) is 0 Å². The van der Waals surface area contributed by atoms with Crippen LogP contribution in [-0.4, -0.2) is 6.16 Å². The lowest BCUT2D eigenvalue weighted by Gasteiger charge is -2.16. The number of hydrogen-bond donors (Lipinski definition) is 0. The first-order valence-electron chi connectivity index (χ1n) is 4.16. The number of unbranched alkanes of at least 4 members (excludes halogenated alkanes) is 1. The summed E-state index contributed by atoms with van der Waals surface area (Å²) in [7, 11) is 1.48. The Balaban J connectivity index is 2.28. The van der Waals surface area contributed by atoms with E-state index >= 15 is 0 Å². The van der Waals surface area contributed by atoms with Crippen LogP contribution in [0.3, 0.4) is 0 Å². The van der Waals surface area contributed by atoms with Crippen LogP contribution in [0.1, 0.15) is 19.8 Å². The normalized spacial score (nSPS) is 11.0. The second-order valence-corrected chi connectivity index (χ2v) is 3.85. The molecule has 0 spiro atoms. The Morgan fingerprint density at radius 2 is 1.91 bits per heavy atom. The Bertz CT molecular complexity index is 181. The molecule has 0 aliphatic carbocycles. The fourth-order valence-corrected chi connectivity index (χ4v) is 2.02. The minimum absolute atomic E-state index is 1.31. The van der Waals surface area contributed by atoms with Gasteiger partial charge in [-0.1, -0.05) is 50.1 Å². The molecule has 1 heteroatoms. The van der Waals surface area contributed by atoms with E-state index in [1.165, 1.54) is 32.9 Å². The van der Waals surface area contributed by atoms with Crippen LogP contribution in [0, 0.1) is 0 Å². The zero-order chi connectivity index (χ0) is 7.94. The monoisotopic (exact) mass is 165 g/mol. The van der Waals surface area contributed by atoms with Crippen LogP contribution in [0.15, 0.2) is 30.3 Å². The number of hydrogen-bond acceptors (Lipinski definition) is 0. The van der Waals surface area contributed by atoms with Crippen LogP contribution < -0.4 is 5.30 Å². The highest BCUT2D eigenvalue weighted by Gasteiger charge is 1.75. The maximum absolute atomic E-state index is 2.24. The second kappa shape index (κ2) is 5.32. The SMILES string of the molecule is CCCC[P-]c1ccccc1. The molecular formula is C10H14P-. The summed E-state index contributed by atoms with van der Waals surface area (Å²) in [5.74, 6) is 0. The van der Waals surface area contributed by atoms with E-state index in [0.29, 0.717) is 0 Å². The summed E-state index contributed by atoms with van der Waals surface area (Å²) < 4.78 is 0. The number of rotatable bonds is 4. The van der Waals surface area contributed by atoms with Crippen LogP contribution in [0.4, 0.5) is 0 Å². The molecule has 11 heavy (non-hydrogen) atoms. The van der Waals surface area contributed by atoms with E-state index in [0.717, 1.165) is 0 Å². The van der Waals surface area contributed by atoms with Gasteiger partial charge in [0.25, 0.3) is 0 Å². The Hall–Kier alpha value is -0.350. The van der Waals surface area contributed by atoms with Crippen LogP contribution in [0.5, 0.6) is 0 Å². The molecule has 0 bridgehead atoms. The van der Waals surface area contributed by atoms with E-state index in [2.05, 4.69) is 37.3 Å². The maximum atomic E-state index is 2.24. The van der Waals surface area contributed by atoms with Crippen molar-refractivity contribution in [3.63, 3.8) is 0 Å². The summed E-state index contributed by atoms with van der Waals surface area (Å²) in [5.41, 5.74) is 0. The summed E-state index contributed by atoms with van der Waals surface area (Å²) in [6.07, 6.45) is 3.96. The molecule has 0 unspecified atom stereocenters. The lowest BCUT2D eigenvalue weighted by Crippen LogP contribution is -1.92. The first-order chi connectivity index (χ1) is 5.43. The molecule has 0 radical (unpaired) electrons. The Morgan fingerprint density at radius 3 is 2.55 bits per heavy atom. The molecule has 0 atom stereocenters. The van der Waals surface area contributed by atoms with Crippen LogP contribution in [0.2, 0.25) is 0 Å². The molecule has 1 aromatic carbocycles. The van der Waals surface area contributed by atoms with Gasteiger partial charge in [-0.2, -0.15) is 6.16 Å².